The fourth-order valence-electron chi connectivity index (χ4n) is 1.72. The van der Waals surface area contributed by atoms with E-state index >= 15 is 0 Å². The van der Waals surface area contributed by atoms with Gasteiger partial charge in [0.25, 0.3) is 5.78 Å². The van der Waals surface area contributed by atoms with Crippen molar-refractivity contribution in [1.29, 1.82) is 0 Å². The molecule has 0 aromatic heterocycles. The number of carbonyl (C=O) groups is 2. The van der Waals surface area contributed by atoms with E-state index in [9.17, 15) is 9.59 Å². The Morgan fingerprint density at radius 2 is 1.94 bits per heavy atom. The average Bonchev–Trinajstić information content (AvgIpc) is 2.36. The van der Waals surface area contributed by atoms with E-state index in [4.69, 9.17) is 26.2 Å². The molecule has 0 saturated heterocycles. The number of Topliss-reactive ketones (excluding diaryl/α,β-unsaturated/α-hetero) is 1. The topological polar surface area (TPSA) is 72.8 Å². The lowest BCUT2D eigenvalue weighted by Gasteiger charge is -2.15. The van der Waals surface area contributed by atoms with Crippen LogP contribution in [0.5, 0.6) is 11.5 Å². The van der Waals surface area contributed by atoms with Crippen LogP contribution < -0.4 is 9.47 Å². The third-order valence-corrected chi connectivity index (χ3v) is 2.79. The van der Waals surface area contributed by atoms with Gasteiger partial charge in [0.05, 0.1) is 24.8 Å². The Kier molecular flexibility index (Phi) is 4.55. The molecule has 1 aromatic carbocycles. The Morgan fingerprint density at radius 1 is 1.33 bits per heavy atom. The van der Waals surface area contributed by atoms with Crippen LogP contribution in [0.3, 0.4) is 0 Å². The summed E-state index contributed by atoms with van der Waals surface area (Å²) in [6.45, 7) is 1.77. The summed E-state index contributed by atoms with van der Waals surface area (Å²) in [7, 11) is 2.85. The van der Waals surface area contributed by atoms with Crippen LogP contribution in [0.2, 0.25) is 5.02 Å². The smallest absolute Gasteiger partial charge is 0.377 e. The normalized spacial score (nSPS) is 10.0. The van der Waals surface area contributed by atoms with Gasteiger partial charge in [-0.25, -0.2) is 4.79 Å². The van der Waals surface area contributed by atoms with Crippen molar-refractivity contribution >= 4 is 23.4 Å². The monoisotopic (exact) mass is 272 g/mol. The maximum Gasteiger partial charge on any atom is 0.377 e. The first-order valence-electron chi connectivity index (χ1n) is 5.18. The molecule has 0 atom stereocenters. The molecule has 1 N–H and O–H groups in total. The highest BCUT2D eigenvalue weighted by molar-refractivity contribution is 6.45. The van der Waals surface area contributed by atoms with Crippen LogP contribution in [0, 0.1) is 0 Å². The minimum Gasteiger partial charge on any atom is -0.493 e. The number of ether oxygens (including phenoxy) is 2. The lowest BCUT2D eigenvalue weighted by atomic mass is 9.99. The molecule has 18 heavy (non-hydrogen) atoms. The molecule has 0 aliphatic heterocycles. The molecule has 0 unspecified atom stereocenters. The van der Waals surface area contributed by atoms with E-state index in [-0.39, 0.29) is 10.6 Å². The first kappa shape index (κ1) is 14.3. The van der Waals surface area contributed by atoms with Crippen molar-refractivity contribution in [2.24, 2.45) is 0 Å². The predicted molar refractivity (Wildman–Crippen MR) is 65.9 cm³/mol. The van der Waals surface area contributed by atoms with Gasteiger partial charge in [-0.15, -0.1) is 0 Å². The van der Waals surface area contributed by atoms with E-state index in [2.05, 4.69) is 0 Å². The van der Waals surface area contributed by atoms with Gasteiger partial charge >= 0.3 is 5.97 Å². The third-order valence-electron chi connectivity index (χ3n) is 2.50. The number of benzene rings is 1. The molecule has 0 fully saturated rings. The van der Waals surface area contributed by atoms with E-state index in [1.807, 2.05) is 0 Å². The van der Waals surface area contributed by atoms with Crippen molar-refractivity contribution in [1.82, 2.24) is 0 Å². The second-order valence-electron chi connectivity index (χ2n) is 3.44. The van der Waals surface area contributed by atoms with Crippen molar-refractivity contribution in [3.63, 3.8) is 0 Å². The molecule has 0 aliphatic carbocycles. The summed E-state index contributed by atoms with van der Waals surface area (Å²) in [4.78, 5) is 22.4. The number of hydrogen-bond acceptors (Lipinski definition) is 4. The van der Waals surface area contributed by atoms with Crippen LogP contribution in [-0.4, -0.2) is 31.1 Å². The van der Waals surface area contributed by atoms with Gasteiger partial charge < -0.3 is 14.6 Å². The summed E-state index contributed by atoms with van der Waals surface area (Å²) < 4.78 is 10.2. The summed E-state index contributed by atoms with van der Waals surface area (Å²) >= 11 is 5.94. The van der Waals surface area contributed by atoms with Gasteiger partial charge in [0.15, 0.2) is 11.5 Å². The van der Waals surface area contributed by atoms with Crippen molar-refractivity contribution in [3.05, 3.63) is 22.2 Å². The molecule has 98 valence electrons. The van der Waals surface area contributed by atoms with Gasteiger partial charge in [-0.2, -0.15) is 0 Å². The zero-order valence-corrected chi connectivity index (χ0v) is 11.0. The van der Waals surface area contributed by atoms with E-state index in [0.29, 0.717) is 23.5 Å². The van der Waals surface area contributed by atoms with Crippen LogP contribution in [0.4, 0.5) is 0 Å². The van der Waals surface area contributed by atoms with Crippen LogP contribution in [0.1, 0.15) is 22.8 Å². The number of ketones is 1. The molecule has 6 heteroatoms. The van der Waals surface area contributed by atoms with Crippen molar-refractivity contribution in [2.75, 3.05) is 14.2 Å². The number of carboxylic acid groups (broad SMARTS) is 1. The van der Waals surface area contributed by atoms with Gasteiger partial charge in [0.1, 0.15) is 0 Å². The van der Waals surface area contributed by atoms with Crippen molar-refractivity contribution < 1.29 is 24.2 Å². The van der Waals surface area contributed by atoms with Gasteiger partial charge in [-0.3, -0.25) is 4.79 Å². The lowest BCUT2D eigenvalue weighted by Crippen LogP contribution is -2.16. The molecule has 1 rings (SSSR count). The van der Waals surface area contributed by atoms with E-state index in [0.717, 1.165) is 0 Å². The fraction of sp³-hybridized carbons (Fsp3) is 0.333. The first-order valence-corrected chi connectivity index (χ1v) is 5.56. The second kappa shape index (κ2) is 5.73. The third kappa shape index (κ3) is 2.41. The zero-order valence-electron chi connectivity index (χ0n) is 10.2. The molecule has 0 heterocycles. The number of halogens is 1. The highest BCUT2D eigenvalue weighted by atomic mass is 35.5. The second-order valence-corrected chi connectivity index (χ2v) is 3.84. The highest BCUT2D eigenvalue weighted by Gasteiger charge is 2.26. The van der Waals surface area contributed by atoms with Gasteiger partial charge in [-0.1, -0.05) is 18.5 Å². The average molecular weight is 273 g/mol. The lowest BCUT2D eigenvalue weighted by molar-refractivity contribution is -0.131. The minimum atomic E-state index is -1.56. The van der Waals surface area contributed by atoms with Crippen LogP contribution in [0.15, 0.2) is 6.07 Å². The van der Waals surface area contributed by atoms with Gasteiger partial charge in [0, 0.05) is 11.6 Å². The maximum absolute atomic E-state index is 11.6. The van der Waals surface area contributed by atoms with Crippen molar-refractivity contribution in [2.45, 2.75) is 13.3 Å². The molecule has 0 spiro atoms. The highest BCUT2D eigenvalue weighted by Crippen LogP contribution is 2.38. The summed E-state index contributed by atoms with van der Waals surface area (Å²) in [5.41, 5.74) is 0.374. The van der Waals surface area contributed by atoms with E-state index in [1.54, 1.807) is 6.92 Å². The van der Waals surface area contributed by atoms with Crippen LogP contribution >= 0.6 is 11.6 Å². The van der Waals surface area contributed by atoms with Crippen molar-refractivity contribution in [3.8, 4) is 11.5 Å². The van der Waals surface area contributed by atoms with E-state index in [1.165, 1.54) is 20.3 Å². The standard InChI is InChI=1S/C12H13ClO5/c1-4-6-9(10(14)12(15)16)7(13)5-8(17-2)11(6)18-3/h5H,4H2,1-3H3,(H,15,16). The molecular weight excluding hydrogens is 260 g/mol. The predicted octanol–water partition coefficient (Wildman–Crippen LogP) is 2.19. The molecule has 0 saturated carbocycles. The molecule has 0 bridgehead atoms. The SMILES string of the molecule is CCc1c(OC)c(OC)cc(Cl)c1C(=O)C(=O)O. The fourth-order valence-corrected chi connectivity index (χ4v) is 2.02. The Bertz CT molecular complexity index is 496. The number of rotatable bonds is 5. The quantitative estimate of drug-likeness (QED) is 0.657. The molecule has 0 amide bonds. The van der Waals surface area contributed by atoms with Gasteiger partial charge in [0.2, 0.25) is 0 Å². The zero-order chi connectivity index (χ0) is 13.9. The molecule has 0 radical (unpaired) electrons. The Morgan fingerprint density at radius 3 is 2.33 bits per heavy atom. The molecule has 1 aromatic rings. The number of carbonyl (C=O) groups excluding carboxylic acids is 1. The number of hydrogen-bond donors (Lipinski definition) is 1. The van der Waals surface area contributed by atoms with E-state index < -0.39 is 11.8 Å². The Labute approximate surface area is 109 Å². The van der Waals surface area contributed by atoms with Crippen LogP contribution in [-0.2, 0) is 11.2 Å². The summed E-state index contributed by atoms with van der Waals surface area (Å²) in [5, 5.41) is 8.83. The minimum absolute atomic E-state index is 0.0388. The number of aliphatic carboxylic acids is 1. The number of carboxylic acids is 1. The summed E-state index contributed by atoms with van der Waals surface area (Å²) in [6.07, 6.45) is 0.397. The molecular formula is C12H13ClO5. The molecule has 5 nitrogen and oxygen atoms in total. The summed E-state index contributed by atoms with van der Waals surface area (Å²) in [5.74, 6) is -1.92. The first-order chi connectivity index (χ1) is 8.47. The summed E-state index contributed by atoms with van der Waals surface area (Å²) in [6, 6.07) is 1.37. The Hall–Kier alpha value is -1.75. The number of methoxy groups -OCH3 is 2. The molecule has 0 aliphatic rings. The van der Waals surface area contributed by atoms with Crippen LogP contribution in [0.25, 0.3) is 0 Å². The Balaban J connectivity index is 3.61. The van der Waals surface area contributed by atoms with Gasteiger partial charge in [-0.05, 0) is 6.42 Å². The maximum atomic E-state index is 11.6. The largest absolute Gasteiger partial charge is 0.493 e.